The maximum Gasteiger partial charge on any atom is 0.514 e. The first-order valence-corrected chi connectivity index (χ1v) is 16.8. The van der Waals surface area contributed by atoms with Gasteiger partial charge in [0.05, 0.1) is 0 Å². The number of ether oxygens (including phenoxy) is 4. The molecule has 0 aliphatic rings. The van der Waals surface area contributed by atoms with E-state index in [1.54, 1.807) is 41.5 Å². The van der Waals surface area contributed by atoms with Crippen molar-refractivity contribution in [2.75, 3.05) is 26.4 Å². The van der Waals surface area contributed by atoms with Gasteiger partial charge in [-0.1, -0.05) is 89.4 Å². The van der Waals surface area contributed by atoms with Gasteiger partial charge >= 0.3 is 17.7 Å². The van der Waals surface area contributed by atoms with E-state index >= 15 is 0 Å². The van der Waals surface area contributed by atoms with Gasteiger partial charge in [-0.2, -0.15) is 9.78 Å². The van der Waals surface area contributed by atoms with Crippen molar-refractivity contribution in [3.8, 4) is 0 Å². The highest BCUT2D eigenvalue weighted by Crippen LogP contribution is 2.33. The van der Waals surface area contributed by atoms with Crippen LogP contribution < -0.4 is 0 Å². The first-order chi connectivity index (χ1) is 23.4. The summed E-state index contributed by atoms with van der Waals surface area (Å²) in [5, 5.41) is 0. The minimum atomic E-state index is -2.54. The van der Waals surface area contributed by atoms with Crippen molar-refractivity contribution >= 4 is 17.7 Å². The number of carbonyl (C=O) groups excluding carboxylic acids is 3. The third kappa shape index (κ3) is 11.1. The highest BCUT2D eigenvalue weighted by Gasteiger charge is 2.51. The number of ketones is 2. The molecule has 2 atom stereocenters. The molecule has 0 aliphatic heterocycles. The van der Waals surface area contributed by atoms with Crippen molar-refractivity contribution in [1.29, 1.82) is 0 Å². The van der Waals surface area contributed by atoms with Crippen LogP contribution in [0, 0.1) is 0 Å². The van der Waals surface area contributed by atoms with Crippen molar-refractivity contribution in [3.05, 3.63) is 96.1 Å². The van der Waals surface area contributed by atoms with Gasteiger partial charge in [0.15, 0.2) is 0 Å². The Morgan fingerprint density at radius 2 is 0.920 bits per heavy atom. The van der Waals surface area contributed by atoms with Gasteiger partial charge < -0.3 is 18.9 Å². The molecule has 0 saturated carbocycles. The van der Waals surface area contributed by atoms with Gasteiger partial charge in [-0.05, 0) is 87.8 Å². The average molecular weight is 699 g/mol. The molecule has 0 bridgehead atoms. The van der Waals surface area contributed by atoms with E-state index in [1.165, 1.54) is 0 Å². The molecule has 0 aromatic heterocycles. The number of benzene rings is 2. The summed E-state index contributed by atoms with van der Waals surface area (Å²) >= 11 is 0. The first kappa shape index (κ1) is 42.5. The molecule has 0 N–H and O–H groups in total. The normalized spacial score (nSPS) is 14.5. The van der Waals surface area contributed by atoms with E-state index in [1.807, 2.05) is 48.5 Å². The lowest BCUT2D eigenvalue weighted by atomic mass is 9.94. The summed E-state index contributed by atoms with van der Waals surface area (Å²) in [5.74, 6) is -6.32. The summed E-state index contributed by atoms with van der Waals surface area (Å²) in [5.41, 5.74) is 1.37. The Kier molecular flexibility index (Phi) is 15.7. The number of hydrogen-bond acceptors (Lipinski definition) is 11. The zero-order valence-electron chi connectivity index (χ0n) is 31.2. The van der Waals surface area contributed by atoms with Crippen LogP contribution in [0.1, 0.15) is 103 Å². The molecule has 2 aromatic rings. The van der Waals surface area contributed by atoms with Crippen LogP contribution in [0.4, 0.5) is 4.79 Å². The van der Waals surface area contributed by atoms with Gasteiger partial charge in [-0.25, -0.2) is 14.6 Å². The summed E-state index contributed by atoms with van der Waals surface area (Å²) in [6.07, 6.45) is 0.199. The van der Waals surface area contributed by atoms with Gasteiger partial charge in [-0.3, -0.25) is 9.59 Å². The molecule has 0 fully saturated rings. The predicted octanol–water partition coefficient (Wildman–Crippen LogP) is 8.13. The van der Waals surface area contributed by atoms with Crippen LogP contribution in [0.3, 0.4) is 0 Å². The Morgan fingerprint density at radius 3 is 1.18 bits per heavy atom. The summed E-state index contributed by atoms with van der Waals surface area (Å²) in [6, 6.07) is 15.3. The van der Waals surface area contributed by atoms with Gasteiger partial charge in [0.1, 0.15) is 24.4 Å². The van der Waals surface area contributed by atoms with E-state index in [-0.39, 0.29) is 13.2 Å². The van der Waals surface area contributed by atoms with Crippen LogP contribution in [-0.4, -0.2) is 55.7 Å². The SMILES string of the molecule is C=CC(=O)C(COCC)(OOC(C)(C)c1ccc(C(C)C)cc1)OC(=O)OC(COCC)(OOC(C)(C)c1ccc(C(C)C)cc1)C(=O)C=C. The maximum atomic E-state index is 13.6. The molecule has 2 aromatic carbocycles. The third-order valence-electron chi connectivity index (χ3n) is 7.92. The smallest absolute Gasteiger partial charge is 0.388 e. The third-order valence-corrected chi connectivity index (χ3v) is 7.92. The molecular weight excluding hydrogens is 644 g/mol. The lowest BCUT2D eigenvalue weighted by Gasteiger charge is -2.35. The van der Waals surface area contributed by atoms with Crippen molar-refractivity contribution in [2.45, 2.75) is 104 Å². The fraction of sp³-hybridized carbons (Fsp3) is 0.513. The number of carbonyl (C=O) groups is 3. The van der Waals surface area contributed by atoms with Gasteiger partial charge in [0.25, 0.3) is 0 Å². The quantitative estimate of drug-likeness (QED) is 0.0389. The maximum absolute atomic E-state index is 13.6. The van der Waals surface area contributed by atoms with E-state index < -0.39 is 53.7 Å². The fourth-order valence-corrected chi connectivity index (χ4v) is 4.52. The van der Waals surface area contributed by atoms with Crippen LogP contribution in [0.25, 0.3) is 0 Å². The molecule has 276 valence electrons. The predicted molar refractivity (Wildman–Crippen MR) is 188 cm³/mol. The summed E-state index contributed by atoms with van der Waals surface area (Å²) in [4.78, 5) is 63.2. The van der Waals surface area contributed by atoms with Crippen LogP contribution in [0.15, 0.2) is 73.8 Å². The molecule has 0 radical (unpaired) electrons. The lowest BCUT2D eigenvalue weighted by Crippen LogP contribution is -2.54. The second-order valence-electron chi connectivity index (χ2n) is 13.3. The number of hydrogen-bond donors (Lipinski definition) is 0. The van der Waals surface area contributed by atoms with Crippen LogP contribution >= 0.6 is 0 Å². The molecule has 0 spiro atoms. The Balaban J connectivity index is 2.45. The number of rotatable bonds is 22. The lowest BCUT2D eigenvalue weighted by molar-refractivity contribution is -0.459. The Bertz CT molecular complexity index is 1320. The van der Waals surface area contributed by atoms with Crippen molar-refractivity contribution in [2.24, 2.45) is 0 Å². The van der Waals surface area contributed by atoms with Crippen molar-refractivity contribution < 1.29 is 52.9 Å². The summed E-state index contributed by atoms with van der Waals surface area (Å²) in [7, 11) is 0. The molecule has 2 unspecified atom stereocenters. The Hall–Kier alpha value is -3.71. The molecule has 0 saturated heterocycles. The molecule has 0 heterocycles. The average Bonchev–Trinajstić information content (AvgIpc) is 3.09. The molecule has 11 nitrogen and oxygen atoms in total. The molecule has 0 amide bonds. The topological polar surface area (TPSA) is 125 Å². The second kappa shape index (κ2) is 18.5. The molecule has 50 heavy (non-hydrogen) atoms. The summed E-state index contributed by atoms with van der Waals surface area (Å²) < 4.78 is 22.0. The zero-order chi connectivity index (χ0) is 37.8. The summed E-state index contributed by atoms with van der Waals surface area (Å²) in [6.45, 7) is 24.5. The molecule has 0 aliphatic carbocycles. The van der Waals surface area contributed by atoms with E-state index in [2.05, 4.69) is 40.9 Å². The standard InChI is InChI=1S/C39H54O11/c1-13-33(40)38(25-43-15-3,49-47-36(9,10)31-21-17-29(18-22-31)27(5)6)45-35(42)46-39(26-44-16-4,34(41)14-2)50-48-37(11,12)32-23-19-30(20-24-32)28(7)8/h13-14,17-24,27-28H,1-2,15-16,25-26H2,3-12H3. The van der Waals surface area contributed by atoms with Crippen molar-refractivity contribution in [1.82, 2.24) is 0 Å². The van der Waals surface area contributed by atoms with Gasteiger partial charge in [0, 0.05) is 13.2 Å². The minimum Gasteiger partial charge on any atom is -0.388 e. The monoisotopic (exact) mass is 698 g/mol. The van der Waals surface area contributed by atoms with E-state index in [0.717, 1.165) is 23.3 Å². The molecule has 11 heteroatoms. The molecule has 2 rings (SSSR count). The Morgan fingerprint density at radius 1 is 0.600 bits per heavy atom. The van der Waals surface area contributed by atoms with E-state index in [4.69, 9.17) is 38.5 Å². The molecular formula is C39H54O11. The van der Waals surface area contributed by atoms with Crippen LogP contribution in [-0.2, 0) is 59.3 Å². The van der Waals surface area contributed by atoms with Gasteiger partial charge in [-0.15, -0.1) is 0 Å². The van der Waals surface area contributed by atoms with E-state index in [9.17, 15) is 14.4 Å². The van der Waals surface area contributed by atoms with E-state index in [0.29, 0.717) is 23.0 Å². The first-order valence-electron chi connectivity index (χ1n) is 16.8. The zero-order valence-corrected chi connectivity index (χ0v) is 31.2. The fourth-order valence-electron chi connectivity index (χ4n) is 4.52. The van der Waals surface area contributed by atoms with Crippen LogP contribution in [0.5, 0.6) is 0 Å². The highest BCUT2D eigenvalue weighted by atomic mass is 17.3. The second-order valence-corrected chi connectivity index (χ2v) is 13.3. The largest absolute Gasteiger partial charge is 0.514 e. The Labute approximate surface area is 296 Å². The van der Waals surface area contributed by atoms with Crippen LogP contribution in [0.2, 0.25) is 0 Å². The highest BCUT2D eigenvalue weighted by molar-refractivity contribution is 5.98. The van der Waals surface area contributed by atoms with Gasteiger partial charge in [0.2, 0.25) is 11.6 Å². The van der Waals surface area contributed by atoms with Crippen molar-refractivity contribution in [3.63, 3.8) is 0 Å². The minimum absolute atomic E-state index is 0.113.